The van der Waals surface area contributed by atoms with E-state index in [4.69, 9.17) is 0 Å². The Morgan fingerprint density at radius 1 is 1.25 bits per heavy atom. The maximum atomic E-state index is 13.9. The summed E-state index contributed by atoms with van der Waals surface area (Å²) in [5.41, 5.74) is 2.09. The van der Waals surface area contributed by atoms with Crippen molar-refractivity contribution in [3.63, 3.8) is 0 Å². The van der Waals surface area contributed by atoms with Gasteiger partial charge in [0, 0.05) is 13.1 Å². The number of benzene rings is 1. The summed E-state index contributed by atoms with van der Waals surface area (Å²) in [5.74, 6) is 0.818. The number of likely N-dealkylation sites (tertiary alicyclic amines) is 1. The van der Waals surface area contributed by atoms with Crippen LogP contribution in [0.3, 0.4) is 0 Å². The van der Waals surface area contributed by atoms with E-state index in [-0.39, 0.29) is 17.6 Å². The molecule has 146 valence electrons. The first kappa shape index (κ1) is 18.5. The smallest absolute Gasteiger partial charge is 0.272 e. The molecule has 1 amide bonds. The highest BCUT2D eigenvalue weighted by molar-refractivity contribution is 5.92. The van der Waals surface area contributed by atoms with Crippen molar-refractivity contribution in [2.24, 2.45) is 5.92 Å². The van der Waals surface area contributed by atoms with E-state index in [2.05, 4.69) is 28.9 Å². The Hall–Kier alpha value is -2.83. The van der Waals surface area contributed by atoms with Crippen molar-refractivity contribution in [2.75, 3.05) is 13.1 Å². The SMILES string of the molecule is CC(C)c1cc(C(=O)N2CCC(Cc3ccccc3F)CC2)nc2ncnn12. The van der Waals surface area contributed by atoms with Crippen molar-refractivity contribution >= 4 is 11.7 Å². The second-order valence-corrected chi connectivity index (χ2v) is 7.72. The van der Waals surface area contributed by atoms with Crippen LogP contribution in [0, 0.1) is 11.7 Å². The molecule has 1 aromatic carbocycles. The Morgan fingerprint density at radius 2 is 2.00 bits per heavy atom. The van der Waals surface area contributed by atoms with E-state index in [9.17, 15) is 9.18 Å². The Labute approximate surface area is 163 Å². The quantitative estimate of drug-likeness (QED) is 0.694. The first-order chi connectivity index (χ1) is 13.5. The van der Waals surface area contributed by atoms with E-state index >= 15 is 0 Å². The van der Waals surface area contributed by atoms with Crippen LogP contribution in [0.1, 0.15) is 54.4 Å². The van der Waals surface area contributed by atoms with Gasteiger partial charge >= 0.3 is 0 Å². The topological polar surface area (TPSA) is 63.4 Å². The Bertz CT molecular complexity index is 991. The lowest BCUT2D eigenvalue weighted by Crippen LogP contribution is -2.39. The van der Waals surface area contributed by atoms with Crippen LogP contribution in [0.4, 0.5) is 4.39 Å². The molecule has 0 radical (unpaired) electrons. The number of nitrogens with zero attached hydrogens (tertiary/aromatic N) is 5. The number of aromatic nitrogens is 4. The third-order valence-corrected chi connectivity index (χ3v) is 5.46. The van der Waals surface area contributed by atoms with E-state index in [0.717, 1.165) is 30.5 Å². The van der Waals surface area contributed by atoms with Crippen molar-refractivity contribution in [1.29, 1.82) is 0 Å². The normalized spacial score (nSPS) is 15.5. The molecule has 0 bridgehead atoms. The Balaban J connectivity index is 1.46. The minimum atomic E-state index is -0.145. The molecule has 6 nitrogen and oxygen atoms in total. The molecule has 1 aliphatic heterocycles. The fourth-order valence-electron chi connectivity index (χ4n) is 3.83. The molecule has 3 heterocycles. The monoisotopic (exact) mass is 381 g/mol. The van der Waals surface area contributed by atoms with Crippen molar-refractivity contribution in [3.8, 4) is 0 Å². The summed E-state index contributed by atoms with van der Waals surface area (Å²) in [7, 11) is 0. The first-order valence-electron chi connectivity index (χ1n) is 9.76. The van der Waals surface area contributed by atoms with Gasteiger partial charge in [-0.15, -0.1) is 0 Å². The highest BCUT2D eigenvalue weighted by atomic mass is 19.1. The van der Waals surface area contributed by atoms with Gasteiger partial charge in [-0.3, -0.25) is 4.79 Å². The van der Waals surface area contributed by atoms with Crippen LogP contribution in [0.15, 0.2) is 36.7 Å². The van der Waals surface area contributed by atoms with E-state index in [1.165, 1.54) is 12.4 Å². The lowest BCUT2D eigenvalue weighted by atomic mass is 9.90. The van der Waals surface area contributed by atoms with Gasteiger partial charge in [0.2, 0.25) is 0 Å². The van der Waals surface area contributed by atoms with Crippen molar-refractivity contribution in [3.05, 3.63) is 59.4 Å². The molecule has 0 saturated carbocycles. The first-order valence-corrected chi connectivity index (χ1v) is 9.76. The minimum Gasteiger partial charge on any atom is -0.337 e. The van der Waals surface area contributed by atoms with Crippen LogP contribution >= 0.6 is 0 Å². The zero-order chi connectivity index (χ0) is 19.7. The number of rotatable bonds is 4. The average Bonchev–Trinajstić information content (AvgIpc) is 3.17. The van der Waals surface area contributed by atoms with Gasteiger partial charge in [0.15, 0.2) is 0 Å². The molecule has 1 saturated heterocycles. The number of piperidine rings is 1. The predicted octanol–water partition coefficient (Wildman–Crippen LogP) is 3.48. The van der Waals surface area contributed by atoms with Gasteiger partial charge in [0.05, 0.1) is 5.69 Å². The summed E-state index contributed by atoms with van der Waals surface area (Å²) < 4.78 is 15.6. The minimum absolute atomic E-state index is 0.0725. The zero-order valence-corrected chi connectivity index (χ0v) is 16.2. The number of carbonyl (C=O) groups excluding carboxylic acids is 1. The van der Waals surface area contributed by atoms with Crippen LogP contribution in [0.2, 0.25) is 0 Å². The van der Waals surface area contributed by atoms with E-state index in [0.29, 0.717) is 30.5 Å². The standard InChI is InChI=1S/C21H24FN5O/c1-14(2)19-12-18(25-21-23-13-24-27(19)21)20(28)26-9-7-15(8-10-26)11-16-5-3-4-6-17(16)22/h3-6,12-15H,7-11H2,1-2H3. The molecule has 28 heavy (non-hydrogen) atoms. The van der Waals surface area contributed by atoms with E-state index in [1.807, 2.05) is 23.1 Å². The van der Waals surface area contributed by atoms with Gasteiger partial charge in [0.1, 0.15) is 17.8 Å². The summed E-state index contributed by atoms with van der Waals surface area (Å²) in [4.78, 5) is 23.4. The van der Waals surface area contributed by atoms with Crippen LogP contribution in [-0.4, -0.2) is 43.5 Å². The maximum absolute atomic E-state index is 13.9. The van der Waals surface area contributed by atoms with Crippen molar-refractivity contribution in [2.45, 2.75) is 39.0 Å². The average molecular weight is 381 g/mol. The van der Waals surface area contributed by atoms with Gasteiger partial charge in [-0.25, -0.2) is 13.9 Å². The Kier molecular flexibility index (Phi) is 5.07. The molecule has 0 aliphatic carbocycles. The molecule has 1 aliphatic rings. The summed E-state index contributed by atoms with van der Waals surface area (Å²) >= 11 is 0. The molecule has 0 unspecified atom stereocenters. The number of hydrogen-bond acceptors (Lipinski definition) is 4. The third-order valence-electron chi connectivity index (χ3n) is 5.46. The van der Waals surface area contributed by atoms with Crippen LogP contribution < -0.4 is 0 Å². The number of amides is 1. The number of hydrogen-bond donors (Lipinski definition) is 0. The summed E-state index contributed by atoms with van der Waals surface area (Å²) in [6.45, 7) is 5.43. The fraction of sp³-hybridized carbons (Fsp3) is 0.429. The van der Waals surface area contributed by atoms with Crippen LogP contribution in [0.25, 0.3) is 5.78 Å². The molecule has 7 heteroatoms. The van der Waals surface area contributed by atoms with Gasteiger partial charge in [-0.2, -0.15) is 10.1 Å². The van der Waals surface area contributed by atoms with Crippen LogP contribution in [-0.2, 0) is 6.42 Å². The molecule has 0 N–H and O–H groups in total. The molecule has 2 aromatic heterocycles. The van der Waals surface area contributed by atoms with Crippen molar-refractivity contribution < 1.29 is 9.18 Å². The zero-order valence-electron chi connectivity index (χ0n) is 16.2. The molecule has 0 spiro atoms. The molecular weight excluding hydrogens is 357 g/mol. The fourth-order valence-corrected chi connectivity index (χ4v) is 3.83. The largest absolute Gasteiger partial charge is 0.337 e. The van der Waals surface area contributed by atoms with Gasteiger partial charge in [0.25, 0.3) is 11.7 Å². The second-order valence-electron chi connectivity index (χ2n) is 7.72. The van der Waals surface area contributed by atoms with Crippen molar-refractivity contribution in [1.82, 2.24) is 24.5 Å². The van der Waals surface area contributed by atoms with Gasteiger partial charge in [-0.05, 0) is 48.8 Å². The highest BCUT2D eigenvalue weighted by Gasteiger charge is 2.26. The lowest BCUT2D eigenvalue weighted by Gasteiger charge is -2.32. The maximum Gasteiger partial charge on any atom is 0.272 e. The number of carbonyl (C=O) groups is 1. The second kappa shape index (κ2) is 7.66. The van der Waals surface area contributed by atoms with Gasteiger partial charge < -0.3 is 4.90 Å². The molecule has 0 atom stereocenters. The number of fused-ring (bicyclic) bond motifs is 1. The highest BCUT2D eigenvalue weighted by Crippen LogP contribution is 2.24. The lowest BCUT2D eigenvalue weighted by molar-refractivity contribution is 0.0684. The molecular formula is C21H24FN5O. The summed E-state index contributed by atoms with van der Waals surface area (Å²) in [6.07, 6.45) is 3.90. The van der Waals surface area contributed by atoms with Gasteiger partial charge in [-0.1, -0.05) is 32.0 Å². The third kappa shape index (κ3) is 3.61. The Morgan fingerprint density at radius 3 is 2.71 bits per heavy atom. The summed E-state index contributed by atoms with van der Waals surface area (Å²) in [5, 5.41) is 4.20. The predicted molar refractivity (Wildman–Crippen MR) is 104 cm³/mol. The van der Waals surface area contributed by atoms with E-state index in [1.54, 1.807) is 10.6 Å². The number of halogens is 1. The van der Waals surface area contributed by atoms with E-state index < -0.39 is 0 Å². The molecule has 3 aromatic rings. The summed E-state index contributed by atoms with van der Waals surface area (Å²) in [6, 6.07) is 8.76. The molecule has 4 rings (SSSR count). The molecule has 1 fully saturated rings. The van der Waals surface area contributed by atoms with Crippen LogP contribution in [0.5, 0.6) is 0 Å².